The van der Waals surface area contributed by atoms with Gasteiger partial charge in [-0.25, -0.2) is 0 Å². The maximum absolute atomic E-state index is 4.95. The van der Waals surface area contributed by atoms with Gasteiger partial charge in [0.25, 0.3) is 0 Å². The second kappa shape index (κ2) is 2.96. The van der Waals surface area contributed by atoms with Gasteiger partial charge in [0.15, 0.2) is 0 Å². The Hall–Kier alpha value is -0.720. The molecule has 0 spiro atoms. The van der Waals surface area contributed by atoms with Gasteiger partial charge in [-0.3, -0.25) is 0 Å². The number of rotatable bonds is 2. The van der Waals surface area contributed by atoms with E-state index in [-0.39, 0.29) is 5.41 Å². The number of methoxy groups -OCH3 is 1. The molecular formula is C11H18O. The SMILES string of the molecule is CO/C=C/C1(C)C=CCC1(C)C. The van der Waals surface area contributed by atoms with Crippen LogP contribution in [0.3, 0.4) is 0 Å². The topological polar surface area (TPSA) is 9.23 Å². The van der Waals surface area contributed by atoms with Crippen molar-refractivity contribution in [3.8, 4) is 0 Å². The van der Waals surface area contributed by atoms with Crippen LogP contribution < -0.4 is 0 Å². The van der Waals surface area contributed by atoms with Gasteiger partial charge in [0.05, 0.1) is 13.4 Å². The molecule has 0 saturated carbocycles. The molecule has 1 heteroatoms. The van der Waals surface area contributed by atoms with Crippen molar-refractivity contribution in [2.24, 2.45) is 10.8 Å². The summed E-state index contributed by atoms with van der Waals surface area (Å²) in [5.41, 5.74) is 0.477. The third-order valence-electron chi connectivity index (χ3n) is 3.10. The summed E-state index contributed by atoms with van der Waals surface area (Å²) < 4.78 is 4.95. The van der Waals surface area contributed by atoms with E-state index < -0.39 is 0 Å². The lowest BCUT2D eigenvalue weighted by molar-refractivity contribution is 0.216. The molecule has 0 bridgehead atoms. The molecule has 1 aliphatic rings. The van der Waals surface area contributed by atoms with Gasteiger partial charge in [-0.1, -0.05) is 32.9 Å². The Morgan fingerprint density at radius 3 is 2.42 bits per heavy atom. The van der Waals surface area contributed by atoms with E-state index in [0.717, 1.165) is 6.42 Å². The highest BCUT2D eigenvalue weighted by Gasteiger charge is 2.39. The summed E-state index contributed by atoms with van der Waals surface area (Å²) in [7, 11) is 1.69. The quantitative estimate of drug-likeness (QED) is 0.452. The third kappa shape index (κ3) is 1.40. The lowest BCUT2D eigenvalue weighted by atomic mass is 9.69. The first-order valence-electron chi connectivity index (χ1n) is 4.40. The molecular weight excluding hydrogens is 148 g/mol. The zero-order valence-corrected chi connectivity index (χ0v) is 8.42. The first-order chi connectivity index (χ1) is 5.52. The summed E-state index contributed by atoms with van der Waals surface area (Å²) in [5, 5.41) is 0. The predicted octanol–water partition coefficient (Wildman–Crippen LogP) is 3.14. The molecule has 1 nitrogen and oxygen atoms in total. The van der Waals surface area contributed by atoms with Gasteiger partial charge < -0.3 is 4.74 Å². The maximum Gasteiger partial charge on any atom is 0.0793 e. The van der Waals surface area contributed by atoms with E-state index in [1.807, 2.05) is 0 Å². The standard InChI is InChI=1S/C11H18O/c1-10(2)6-5-7-11(10,3)8-9-12-4/h5,7-9H,6H2,1-4H3/b9-8+. The molecule has 1 atom stereocenters. The summed E-state index contributed by atoms with van der Waals surface area (Å²) in [5.74, 6) is 0. The van der Waals surface area contributed by atoms with Gasteiger partial charge in [-0.05, 0) is 17.9 Å². The first-order valence-corrected chi connectivity index (χ1v) is 4.40. The van der Waals surface area contributed by atoms with Crippen LogP contribution in [0.15, 0.2) is 24.5 Å². The van der Waals surface area contributed by atoms with Crippen molar-refractivity contribution in [3.05, 3.63) is 24.5 Å². The lowest BCUT2D eigenvalue weighted by Crippen LogP contribution is -2.27. The van der Waals surface area contributed by atoms with Gasteiger partial charge in [0.2, 0.25) is 0 Å². The van der Waals surface area contributed by atoms with E-state index in [9.17, 15) is 0 Å². The molecule has 1 aliphatic carbocycles. The Morgan fingerprint density at radius 2 is 2.00 bits per heavy atom. The van der Waals surface area contributed by atoms with Gasteiger partial charge >= 0.3 is 0 Å². The highest BCUT2D eigenvalue weighted by atomic mass is 16.5. The van der Waals surface area contributed by atoms with E-state index in [1.165, 1.54) is 0 Å². The van der Waals surface area contributed by atoms with Crippen molar-refractivity contribution in [2.45, 2.75) is 27.2 Å². The van der Waals surface area contributed by atoms with E-state index in [2.05, 4.69) is 39.0 Å². The second-order valence-electron chi connectivity index (χ2n) is 4.31. The minimum Gasteiger partial charge on any atom is -0.505 e. The zero-order valence-electron chi connectivity index (χ0n) is 8.42. The van der Waals surface area contributed by atoms with Crippen LogP contribution in [0.25, 0.3) is 0 Å². The monoisotopic (exact) mass is 166 g/mol. The van der Waals surface area contributed by atoms with Crippen LogP contribution in [0, 0.1) is 10.8 Å². The third-order valence-corrected chi connectivity index (χ3v) is 3.10. The maximum atomic E-state index is 4.95. The molecule has 1 unspecified atom stereocenters. The Kier molecular flexibility index (Phi) is 2.31. The van der Waals surface area contributed by atoms with Crippen LogP contribution >= 0.6 is 0 Å². The highest BCUT2D eigenvalue weighted by molar-refractivity contribution is 5.20. The highest BCUT2D eigenvalue weighted by Crippen LogP contribution is 2.48. The number of hydrogen-bond donors (Lipinski definition) is 0. The molecule has 0 amide bonds. The van der Waals surface area contributed by atoms with Crippen molar-refractivity contribution in [1.82, 2.24) is 0 Å². The van der Waals surface area contributed by atoms with Gasteiger partial charge in [-0.15, -0.1) is 0 Å². The summed E-state index contributed by atoms with van der Waals surface area (Å²) in [6.07, 6.45) is 9.58. The first kappa shape index (κ1) is 9.37. The Labute approximate surface area is 75.1 Å². The summed E-state index contributed by atoms with van der Waals surface area (Å²) in [4.78, 5) is 0. The fraction of sp³-hybridized carbons (Fsp3) is 0.636. The summed E-state index contributed by atoms with van der Waals surface area (Å²) in [6.45, 7) is 6.81. The molecule has 12 heavy (non-hydrogen) atoms. The van der Waals surface area contributed by atoms with Crippen molar-refractivity contribution in [3.63, 3.8) is 0 Å². The molecule has 0 aromatic rings. The summed E-state index contributed by atoms with van der Waals surface area (Å²) in [6, 6.07) is 0. The Morgan fingerprint density at radius 1 is 1.33 bits per heavy atom. The fourth-order valence-corrected chi connectivity index (χ4v) is 1.53. The van der Waals surface area contributed by atoms with Crippen LogP contribution in [0.4, 0.5) is 0 Å². The van der Waals surface area contributed by atoms with Crippen molar-refractivity contribution < 1.29 is 4.74 Å². The Balaban J connectivity index is 2.82. The summed E-state index contributed by atoms with van der Waals surface area (Å²) >= 11 is 0. The minimum atomic E-state index is 0.156. The number of allylic oxidation sites excluding steroid dienone is 3. The van der Waals surface area contributed by atoms with Crippen LogP contribution in [-0.2, 0) is 4.74 Å². The lowest BCUT2D eigenvalue weighted by Gasteiger charge is -2.35. The van der Waals surface area contributed by atoms with Crippen LogP contribution in [-0.4, -0.2) is 7.11 Å². The largest absolute Gasteiger partial charge is 0.505 e. The van der Waals surface area contributed by atoms with Gasteiger partial charge in [-0.2, -0.15) is 0 Å². The molecule has 0 N–H and O–H groups in total. The van der Waals surface area contributed by atoms with Crippen molar-refractivity contribution in [2.75, 3.05) is 7.11 Å². The molecule has 0 aromatic carbocycles. The van der Waals surface area contributed by atoms with E-state index in [0.29, 0.717) is 5.41 Å². The van der Waals surface area contributed by atoms with Crippen LogP contribution in [0.5, 0.6) is 0 Å². The van der Waals surface area contributed by atoms with E-state index in [4.69, 9.17) is 4.74 Å². The van der Waals surface area contributed by atoms with Gasteiger partial charge in [0, 0.05) is 5.41 Å². The van der Waals surface area contributed by atoms with Crippen molar-refractivity contribution in [1.29, 1.82) is 0 Å². The molecule has 0 heterocycles. The number of ether oxygens (including phenoxy) is 1. The Bertz CT molecular complexity index is 213. The smallest absolute Gasteiger partial charge is 0.0793 e. The van der Waals surface area contributed by atoms with Gasteiger partial charge in [0.1, 0.15) is 0 Å². The molecule has 0 aromatic heterocycles. The zero-order chi connectivity index (χ0) is 9.24. The van der Waals surface area contributed by atoms with E-state index in [1.54, 1.807) is 13.4 Å². The molecule has 68 valence electrons. The fourth-order valence-electron chi connectivity index (χ4n) is 1.53. The second-order valence-corrected chi connectivity index (χ2v) is 4.31. The van der Waals surface area contributed by atoms with Crippen molar-refractivity contribution >= 4 is 0 Å². The average molecular weight is 166 g/mol. The molecule has 0 radical (unpaired) electrons. The molecule has 0 fully saturated rings. The minimum absolute atomic E-state index is 0.156. The molecule has 0 saturated heterocycles. The normalized spacial score (nSPS) is 33.0. The number of hydrogen-bond acceptors (Lipinski definition) is 1. The molecule has 1 rings (SSSR count). The van der Waals surface area contributed by atoms with Crippen LogP contribution in [0.1, 0.15) is 27.2 Å². The predicted molar refractivity (Wildman–Crippen MR) is 51.8 cm³/mol. The van der Waals surface area contributed by atoms with E-state index >= 15 is 0 Å². The average Bonchev–Trinajstić information content (AvgIpc) is 2.24. The molecule has 0 aliphatic heterocycles. The van der Waals surface area contributed by atoms with Crippen LogP contribution in [0.2, 0.25) is 0 Å².